The fourth-order valence-electron chi connectivity index (χ4n) is 1.39. The number of hydrogen-bond donors (Lipinski definition) is 1. The molecule has 0 spiro atoms. The molecule has 1 aliphatic rings. The van der Waals surface area contributed by atoms with Crippen molar-refractivity contribution < 1.29 is 24.2 Å². The maximum absolute atomic E-state index is 11.7. The summed E-state index contributed by atoms with van der Waals surface area (Å²) in [5.41, 5.74) is -0.683. The molecule has 0 bridgehead atoms. The molecule has 0 atom stereocenters. The fourth-order valence-corrected chi connectivity index (χ4v) is 1.39. The van der Waals surface area contributed by atoms with E-state index in [4.69, 9.17) is 9.84 Å². The summed E-state index contributed by atoms with van der Waals surface area (Å²) in [6.07, 6.45) is -0.586. The van der Waals surface area contributed by atoms with Crippen molar-refractivity contribution in [1.29, 1.82) is 0 Å². The van der Waals surface area contributed by atoms with Gasteiger partial charge in [-0.1, -0.05) is 0 Å². The predicted molar refractivity (Wildman–Crippen MR) is 56.9 cm³/mol. The van der Waals surface area contributed by atoms with E-state index in [1.54, 1.807) is 20.8 Å². The number of carboxylic acids is 1. The van der Waals surface area contributed by atoms with E-state index in [0.717, 1.165) is 10.0 Å². The standard InChI is InChI=1S/C10H16N2O5/c1-10(2,3)17-9(16)11-5-4-7(13)12(11)6-8(14)15/h4-6H2,1-3H3,(H,14,15). The molecule has 17 heavy (non-hydrogen) atoms. The number of amides is 2. The van der Waals surface area contributed by atoms with Crippen LogP contribution in [0.1, 0.15) is 27.2 Å². The van der Waals surface area contributed by atoms with E-state index in [1.807, 2.05) is 0 Å². The van der Waals surface area contributed by atoms with Crippen LogP contribution in [0.4, 0.5) is 4.79 Å². The predicted octanol–water partition coefficient (Wildman–Crippen LogP) is 0.455. The maximum atomic E-state index is 11.7. The number of rotatable bonds is 2. The van der Waals surface area contributed by atoms with Gasteiger partial charge in [0.1, 0.15) is 12.1 Å². The van der Waals surface area contributed by atoms with Gasteiger partial charge >= 0.3 is 12.1 Å². The minimum atomic E-state index is -1.17. The van der Waals surface area contributed by atoms with E-state index in [1.165, 1.54) is 0 Å². The van der Waals surface area contributed by atoms with Gasteiger partial charge in [-0.25, -0.2) is 14.8 Å². The summed E-state index contributed by atoms with van der Waals surface area (Å²) in [4.78, 5) is 33.7. The van der Waals surface area contributed by atoms with Gasteiger partial charge in [-0.3, -0.25) is 9.59 Å². The molecule has 0 unspecified atom stereocenters. The number of aliphatic carboxylic acids is 1. The van der Waals surface area contributed by atoms with Gasteiger partial charge in [0.2, 0.25) is 5.91 Å². The third-order valence-electron chi connectivity index (χ3n) is 2.01. The van der Waals surface area contributed by atoms with Crippen LogP contribution >= 0.6 is 0 Å². The lowest BCUT2D eigenvalue weighted by molar-refractivity contribution is -0.150. The third kappa shape index (κ3) is 3.61. The first-order chi connectivity index (χ1) is 7.70. The molecule has 1 N–H and O–H groups in total. The largest absolute Gasteiger partial charge is 0.480 e. The highest BCUT2D eigenvalue weighted by Crippen LogP contribution is 2.17. The number of nitrogens with zero attached hydrogens (tertiary/aromatic N) is 2. The van der Waals surface area contributed by atoms with Crippen LogP contribution in [-0.4, -0.2) is 51.8 Å². The Balaban J connectivity index is 2.72. The average molecular weight is 244 g/mol. The number of carboxylic acid groups (broad SMARTS) is 1. The van der Waals surface area contributed by atoms with Gasteiger partial charge < -0.3 is 9.84 Å². The summed E-state index contributed by atoms with van der Waals surface area (Å²) < 4.78 is 5.08. The molecule has 0 radical (unpaired) electrons. The molecular weight excluding hydrogens is 228 g/mol. The molecule has 7 heteroatoms. The van der Waals surface area contributed by atoms with Gasteiger partial charge in [0.25, 0.3) is 0 Å². The van der Waals surface area contributed by atoms with E-state index < -0.39 is 30.1 Å². The SMILES string of the molecule is CC(C)(C)OC(=O)N1CCC(=O)N1CC(=O)O. The first-order valence-electron chi connectivity index (χ1n) is 5.23. The summed E-state index contributed by atoms with van der Waals surface area (Å²) in [7, 11) is 0. The molecular formula is C10H16N2O5. The average Bonchev–Trinajstić information content (AvgIpc) is 2.44. The molecule has 1 fully saturated rings. The molecule has 1 heterocycles. The molecule has 1 rings (SSSR count). The Morgan fingerprint density at radius 3 is 2.47 bits per heavy atom. The zero-order chi connectivity index (χ0) is 13.2. The topological polar surface area (TPSA) is 87.2 Å². The Morgan fingerprint density at radius 2 is 2.00 bits per heavy atom. The Bertz CT molecular complexity index is 347. The molecule has 1 aliphatic heterocycles. The first kappa shape index (κ1) is 13.3. The van der Waals surface area contributed by atoms with Crippen LogP contribution in [0.2, 0.25) is 0 Å². The highest BCUT2D eigenvalue weighted by atomic mass is 16.6. The van der Waals surface area contributed by atoms with Crippen LogP contribution in [0.25, 0.3) is 0 Å². The molecule has 7 nitrogen and oxygen atoms in total. The lowest BCUT2D eigenvalue weighted by atomic mass is 10.2. The number of ether oxygens (including phenoxy) is 1. The van der Waals surface area contributed by atoms with Crippen molar-refractivity contribution in [2.24, 2.45) is 0 Å². The molecule has 96 valence electrons. The van der Waals surface area contributed by atoms with Crippen molar-refractivity contribution in [3.05, 3.63) is 0 Å². The lowest BCUT2D eigenvalue weighted by Gasteiger charge is -2.29. The minimum absolute atomic E-state index is 0.118. The molecule has 0 aromatic heterocycles. The van der Waals surface area contributed by atoms with E-state index in [9.17, 15) is 14.4 Å². The highest BCUT2D eigenvalue weighted by Gasteiger charge is 2.36. The molecule has 2 amide bonds. The maximum Gasteiger partial charge on any atom is 0.429 e. The Kier molecular flexibility index (Phi) is 3.59. The molecule has 0 aliphatic carbocycles. The Morgan fingerprint density at radius 1 is 1.41 bits per heavy atom. The van der Waals surface area contributed by atoms with E-state index >= 15 is 0 Å². The van der Waals surface area contributed by atoms with Crippen LogP contribution in [0, 0.1) is 0 Å². The Labute approximate surface area is 98.9 Å². The van der Waals surface area contributed by atoms with Crippen LogP contribution < -0.4 is 0 Å². The van der Waals surface area contributed by atoms with Gasteiger partial charge in [-0.15, -0.1) is 0 Å². The van der Waals surface area contributed by atoms with Crippen LogP contribution in [0.5, 0.6) is 0 Å². The smallest absolute Gasteiger partial charge is 0.429 e. The van der Waals surface area contributed by atoms with Crippen molar-refractivity contribution in [1.82, 2.24) is 10.0 Å². The summed E-state index contributed by atoms with van der Waals surface area (Å²) in [6, 6.07) is 0. The quantitative estimate of drug-likeness (QED) is 0.762. The van der Waals surface area contributed by atoms with Crippen LogP contribution in [0.15, 0.2) is 0 Å². The number of carbonyl (C=O) groups is 3. The summed E-state index contributed by atoms with van der Waals surface area (Å²) in [6.45, 7) is 4.72. The number of hydrazine groups is 1. The normalized spacial score (nSPS) is 16.3. The zero-order valence-corrected chi connectivity index (χ0v) is 10.1. The van der Waals surface area contributed by atoms with Crippen molar-refractivity contribution >= 4 is 18.0 Å². The highest BCUT2D eigenvalue weighted by molar-refractivity contribution is 5.86. The number of hydrogen-bond acceptors (Lipinski definition) is 4. The molecule has 0 saturated carbocycles. The van der Waals surface area contributed by atoms with Crippen molar-refractivity contribution in [3.63, 3.8) is 0 Å². The van der Waals surface area contributed by atoms with Crippen LogP contribution in [0.3, 0.4) is 0 Å². The molecule has 0 aromatic rings. The second kappa shape index (κ2) is 4.60. The zero-order valence-electron chi connectivity index (χ0n) is 10.1. The summed E-state index contributed by atoms with van der Waals surface area (Å²) >= 11 is 0. The van der Waals surface area contributed by atoms with Crippen molar-refractivity contribution in [2.75, 3.05) is 13.1 Å². The summed E-state index contributed by atoms with van der Waals surface area (Å²) in [5.74, 6) is -1.56. The minimum Gasteiger partial charge on any atom is -0.480 e. The van der Waals surface area contributed by atoms with Gasteiger partial charge in [0.05, 0.1) is 6.54 Å². The summed E-state index contributed by atoms with van der Waals surface area (Å²) in [5, 5.41) is 10.6. The molecule has 1 saturated heterocycles. The van der Waals surface area contributed by atoms with E-state index in [2.05, 4.69) is 0 Å². The monoisotopic (exact) mass is 244 g/mol. The van der Waals surface area contributed by atoms with E-state index in [0.29, 0.717) is 0 Å². The van der Waals surface area contributed by atoms with Gasteiger partial charge in [0, 0.05) is 6.42 Å². The van der Waals surface area contributed by atoms with Gasteiger partial charge in [-0.2, -0.15) is 0 Å². The van der Waals surface area contributed by atoms with Gasteiger partial charge in [-0.05, 0) is 20.8 Å². The molecule has 0 aromatic carbocycles. The Hall–Kier alpha value is -1.79. The second-order valence-electron chi connectivity index (χ2n) is 4.70. The first-order valence-corrected chi connectivity index (χ1v) is 5.23. The van der Waals surface area contributed by atoms with Crippen LogP contribution in [-0.2, 0) is 14.3 Å². The van der Waals surface area contributed by atoms with Gasteiger partial charge in [0.15, 0.2) is 0 Å². The van der Waals surface area contributed by atoms with E-state index in [-0.39, 0.29) is 13.0 Å². The number of carbonyl (C=O) groups excluding carboxylic acids is 2. The lowest BCUT2D eigenvalue weighted by Crippen LogP contribution is -2.47. The fraction of sp³-hybridized carbons (Fsp3) is 0.700. The second-order valence-corrected chi connectivity index (χ2v) is 4.70. The van der Waals surface area contributed by atoms with Crippen molar-refractivity contribution in [3.8, 4) is 0 Å². The third-order valence-corrected chi connectivity index (χ3v) is 2.01. The van der Waals surface area contributed by atoms with Crippen molar-refractivity contribution in [2.45, 2.75) is 32.8 Å².